The standard InChI is InChI=1S/C17H23ClN2O.ClH/c18-15-3-1-2-14-13(15)5-6-16(14)20-17(21)7-4-12-8-10-19-11-9-12;/h1-3,12,16,19H,4-11H2,(H,20,21);1H. The molecule has 3 rings (SSSR count). The molecule has 1 heterocycles. The molecule has 0 radical (unpaired) electrons. The van der Waals surface area contributed by atoms with Gasteiger partial charge in [0.1, 0.15) is 0 Å². The van der Waals surface area contributed by atoms with E-state index >= 15 is 0 Å². The Labute approximate surface area is 143 Å². The Hall–Kier alpha value is -0.770. The average molecular weight is 343 g/mol. The largest absolute Gasteiger partial charge is 0.349 e. The molecule has 1 atom stereocenters. The van der Waals surface area contributed by atoms with Crippen molar-refractivity contribution in [2.75, 3.05) is 13.1 Å². The molecular weight excluding hydrogens is 319 g/mol. The first-order chi connectivity index (χ1) is 10.2. The molecule has 1 unspecified atom stereocenters. The average Bonchev–Trinajstić information content (AvgIpc) is 2.91. The molecule has 2 aliphatic rings. The van der Waals surface area contributed by atoms with Crippen molar-refractivity contribution in [3.8, 4) is 0 Å². The van der Waals surface area contributed by atoms with Crippen LogP contribution in [0.1, 0.15) is 49.3 Å². The predicted molar refractivity (Wildman–Crippen MR) is 92.7 cm³/mol. The van der Waals surface area contributed by atoms with Crippen molar-refractivity contribution >= 4 is 29.9 Å². The fourth-order valence-electron chi connectivity index (χ4n) is 3.53. The second kappa shape index (κ2) is 8.19. The van der Waals surface area contributed by atoms with Crippen molar-refractivity contribution in [2.24, 2.45) is 5.92 Å². The molecule has 22 heavy (non-hydrogen) atoms. The van der Waals surface area contributed by atoms with Gasteiger partial charge in [0.15, 0.2) is 0 Å². The first kappa shape index (κ1) is 17.6. The van der Waals surface area contributed by atoms with E-state index in [1.807, 2.05) is 12.1 Å². The van der Waals surface area contributed by atoms with E-state index in [0.29, 0.717) is 12.3 Å². The summed E-state index contributed by atoms with van der Waals surface area (Å²) in [5.41, 5.74) is 2.42. The van der Waals surface area contributed by atoms with Crippen molar-refractivity contribution in [1.82, 2.24) is 10.6 Å². The van der Waals surface area contributed by atoms with Crippen LogP contribution in [0.25, 0.3) is 0 Å². The first-order valence-corrected chi connectivity index (χ1v) is 8.39. The highest BCUT2D eigenvalue weighted by Gasteiger charge is 2.25. The number of rotatable bonds is 4. The van der Waals surface area contributed by atoms with Crippen LogP contribution in [-0.4, -0.2) is 19.0 Å². The third-order valence-electron chi connectivity index (χ3n) is 4.79. The van der Waals surface area contributed by atoms with E-state index in [0.717, 1.165) is 37.4 Å². The van der Waals surface area contributed by atoms with Gasteiger partial charge in [-0.25, -0.2) is 0 Å². The number of carbonyl (C=O) groups is 1. The van der Waals surface area contributed by atoms with E-state index in [9.17, 15) is 4.79 Å². The summed E-state index contributed by atoms with van der Waals surface area (Å²) >= 11 is 6.22. The van der Waals surface area contributed by atoms with E-state index in [1.54, 1.807) is 0 Å². The molecule has 1 aromatic carbocycles. The molecule has 122 valence electrons. The fourth-order valence-corrected chi connectivity index (χ4v) is 3.81. The Morgan fingerprint density at radius 2 is 2.05 bits per heavy atom. The summed E-state index contributed by atoms with van der Waals surface area (Å²) in [7, 11) is 0. The molecule has 0 saturated carbocycles. The van der Waals surface area contributed by atoms with E-state index in [2.05, 4.69) is 16.7 Å². The van der Waals surface area contributed by atoms with Crippen molar-refractivity contribution in [2.45, 2.75) is 44.6 Å². The van der Waals surface area contributed by atoms with Gasteiger partial charge in [-0.2, -0.15) is 0 Å². The first-order valence-electron chi connectivity index (χ1n) is 8.01. The number of halogens is 2. The van der Waals surface area contributed by atoms with Gasteiger partial charge in [-0.3, -0.25) is 4.79 Å². The van der Waals surface area contributed by atoms with Gasteiger partial charge >= 0.3 is 0 Å². The summed E-state index contributed by atoms with van der Waals surface area (Å²) in [5, 5.41) is 7.39. The van der Waals surface area contributed by atoms with Crippen LogP contribution in [0, 0.1) is 5.92 Å². The second-order valence-electron chi connectivity index (χ2n) is 6.20. The summed E-state index contributed by atoms with van der Waals surface area (Å²) in [6, 6.07) is 6.15. The lowest BCUT2D eigenvalue weighted by Gasteiger charge is -2.22. The monoisotopic (exact) mass is 342 g/mol. The Morgan fingerprint density at radius 3 is 2.82 bits per heavy atom. The summed E-state index contributed by atoms with van der Waals surface area (Å²) in [5.74, 6) is 0.897. The zero-order chi connectivity index (χ0) is 14.7. The molecule has 3 nitrogen and oxygen atoms in total. The number of carbonyl (C=O) groups excluding carboxylic acids is 1. The predicted octanol–water partition coefficient (Wildman–Crippen LogP) is 3.65. The van der Waals surface area contributed by atoms with Gasteiger partial charge in [0.2, 0.25) is 5.91 Å². The normalized spacial score (nSPS) is 21.0. The van der Waals surface area contributed by atoms with Crippen molar-refractivity contribution < 1.29 is 4.79 Å². The lowest BCUT2D eigenvalue weighted by molar-refractivity contribution is -0.122. The Balaban J connectivity index is 0.00000176. The number of hydrogen-bond acceptors (Lipinski definition) is 2. The molecule has 1 amide bonds. The lowest BCUT2D eigenvalue weighted by atomic mass is 9.93. The van der Waals surface area contributed by atoms with Gasteiger partial charge in [0.25, 0.3) is 0 Å². The van der Waals surface area contributed by atoms with Crippen LogP contribution >= 0.6 is 24.0 Å². The van der Waals surface area contributed by atoms with Crippen molar-refractivity contribution in [1.29, 1.82) is 0 Å². The van der Waals surface area contributed by atoms with E-state index in [-0.39, 0.29) is 24.4 Å². The molecule has 0 aromatic heterocycles. The van der Waals surface area contributed by atoms with Crippen LogP contribution in [-0.2, 0) is 11.2 Å². The molecular formula is C17H24Cl2N2O. The van der Waals surface area contributed by atoms with Gasteiger partial charge in [0, 0.05) is 11.4 Å². The lowest BCUT2D eigenvalue weighted by Crippen LogP contribution is -2.30. The SMILES string of the molecule is Cl.O=C(CCC1CCNCC1)NC1CCc2c(Cl)cccc21. The maximum Gasteiger partial charge on any atom is 0.220 e. The molecule has 1 fully saturated rings. The number of hydrogen-bond donors (Lipinski definition) is 2. The maximum absolute atomic E-state index is 12.2. The zero-order valence-electron chi connectivity index (χ0n) is 12.7. The molecule has 1 aliphatic heterocycles. The molecule has 5 heteroatoms. The number of amides is 1. The third kappa shape index (κ3) is 4.15. The highest BCUT2D eigenvalue weighted by molar-refractivity contribution is 6.31. The smallest absolute Gasteiger partial charge is 0.220 e. The van der Waals surface area contributed by atoms with Gasteiger partial charge in [0.05, 0.1) is 6.04 Å². The van der Waals surface area contributed by atoms with Gasteiger partial charge in [-0.05, 0) is 68.3 Å². The summed E-state index contributed by atoms with van der Waals surface area (Å²) in [6.45, 7) is 2.20. The van der Waals surface area contributed by atoms with Crippen LogP contribution < -0.4 is 10.6 Å². The number of piperidine rings is 1. The van der Waals surface area contributed by atoms with Gasteiger partial charge < -0.3 is 10.6 Å². The summed E-state index contributed by atoms with van der Waals surface area (Å²) in [4.78, 5) is 12.2. The Kier molecular flexibility index (Phi) is 6.54. The molecule has 1 saturated heterocycles. The topological polar surface area (TPSA) is 41.1 Å². The Bertz CT molecular complexity index is 515. The summed E-state index contributed by atoms with van der Waals surface area (Å²) in [6.07, 6.45) is 6.01. The van der Waals surface area contributed by atoms with E-state index < -0.39 is 0 Å². The number of nitrogens with one attached hydrogen (secondary N) is 2. The van der Waals surface area contributed by atoms with Crippen LogP contribution in [0.4, 0.5) is 0 Å². The van der Waals surface area contributed by atoms with Gasteiger partial charge in [-0.1, -0.05) is 23.7 Å². The minimum absolute atomic E-state index is 0. The molecule has 1 aromatic rings. The maximum atomic E-state index is 12.2. The summed E-state index contributed by atoms with van der Waals surface area (Å²) < 4.78 is 0. The number of benzene rings is 1. The van der Waals surface area contributed by atoms with Crippen LogP contribution in [0.3, 0.4) is 0 Å². The van der Waals surface area contributed by atoms with Crippen molar-refractivity contribution in [3.05, 3.63) is 34.3 Å². The molecule has 2 N–H and O–H groups in total. The minimum atomic E-state index is 0. The zero-order valence-corrected chi connectivity index (χ0v) is 14.3. The van der Waals surface area contributed by atoms with Gasteiger partial charge in [-0.15, -0.1) is 12.4 Å². The Morgan fingerprint density at radius 1 is 1.27 bits per heavy atom. The third-order valence-corrected chi connectivity index (χ3v) is 5.14. The van der Waals surface area contributed by atoms with E-state index in [4.69, 9.17) is 11.6 Å². The quantitative estimate of drug-likeness (QED) is 0.876. The van der Waals surface area contributed by atoms with E-state index in [1.165, 1.54) is 24.0 Å². The molecule has 0 spiro atoms. The second-order valence-corrected chi connectivity index (χ2v) is 6.61. The highest BCUT2D eigenvalue weighted by Crippen LogP contribution is 2.35. The van der Waals surface area contributed by atoms with Crippen LogP contribution in [0.15, 0.2) is 18.2 Å². The fraction of sp³-hybridized carbons (Fsp3) is 0.588. The van der Waals surface area contributed by atoms with Crippen molar-refractivity contribution in [3.63, 3.8) is 0 Å². The highest BCUT2D eigenvalue weighted by atomic mass is 35.5. The minimum Gasteiger partial charge on any atom is -0.349 e. The van der Waals surface area contributed by atoms with Crippen LogP contribution in [0.2, 0.25) is 5.02 Å². The molecule has 0 bridgehead atoms. The molecule has 1 aliphatic carbocycles. The van der Waals surface area contributed by atoms with Crippen LogP contribution in [0.5, 0.6) is 0 Å². The number of fused-ring (bicyclic) bond motifs is 1.